The second-order valence-corrected chi connectivity index (χ2v) is 7.93. The highest BCUT2D eigenvalue weighted by Crippen LogP contribution is 2.40. The Labute approximate surface area is 159 Å². The Morgan fingerprint density at radius 1 is 1.15 bits per heavy atom. The van der Waals surface area contributed by atoms with Crippen LogP contribution in [0.3, 0.4) is 0 Å². The van der Waals surface area contributed by atoms with E-state index in [0.717, 1.165) is 30.2 Å². The molecule has 5 heteroatoms. The van der Waals surface area contributed by atoms with Gasteiger partial charge < -0.3 is 14.5 Å². The van der Waals surface area contributed by atoms with Gasteiger partial charge in [0, 0.05) is 33.1 Å². The first-order chi connectivity index (χ1) is 13.0. The van der Waals surface area contributed by atoms with Crippen molar-refractivity contribution in [3.8, 4) is 5.75 Å². The molecule has 1 aliphatic heterocycles. The molecule has 0 unspecified atom stereocenters. The third kappa shape index (κ3) is 3.64. The maximum atomic E-state index is 12.6. The van der Waals surface area contributed by atoms with Crippen LogP contribution in [-0.4, -0.2) is 54.9 Å². The van der Waals surface area contributed by atoms with Crippen molar-refractivity contribution in [1.82, 2.24) is 9.80 Å². The van der Waals surface area contributed by atoms with E-state index in [0.29, 0.717) is 24.0 Å². The van der Waals surface area contributed by atoms with E-state index >= 15 is 0 Å². The molecule has 2 aromatic carbocycles. The average molecular weight is 366 g/mol. The fraction of sp³-hybridized carbons (Fsp3) is 0.455. The molecule has 0 spiro atoms. The topological polar surface area (TPSA) is 49.9 Å². The van der Waals surface area contributed by atoms with Crippen LogP contribution in [0.2, 0.25) is 0 Å². The number of amides is 2. The maximum Gasteiger partial charge on any atom is 0.260 e. The van der Waals surface area contributed by atoms with E-state index in [4.69, 9.17) is 4.74 Å². The minimum Gasteiger partial charge on any atom is -0.484 e. The summed E-state index contributed by atoms with van der Waals surface area (Å²) in [6, 6.07) is 14.2. The van der Waals surface area contributed by atoms with Gasteiger partial charge in [-0.15, -0.1) is 0 Å². The highest BCUT2D eigenvalue weighted by atomic mass is 16.5. The van der Waals surface area contributed by atoms with Crippen LogP contribution >= 0.6 is 0 Å². The molecule has 3 atom stereocenters. The number of fused-ring (bicyclic) bond motifs is 2. The normalized spacial score (nSPS) is 24.7. The third-order valence-electron chi connectivity index (χ3n) is 6.21. The summed E-state index contributed by atoms with van der Waals surface area (Å²) < 4.78 is 5.76. The van der Waals surface area contributed by atoms with Crippen LogP contribution in [0.15, 0.2) is 42.5 Å². The van der Waals surface area contributed by atoms with E-state index in [2.05, 4.69) is 6.07 Å². The van der Waals surface area contributed by atoms with E-state index < -0.39 is 0 Å². The van der Waals surface area contributed by atoms with Gasteiger partial charge in [-0.1, -0.05) is 30.3 Å². The number of likely N-dealkylation sites (N-methyl/N-ethyl adjacent to an activating group) is 1. The molecule has 0 radical (unpaired) electrons. The van der Waals surface area contributed by atoms with E-state index in [1.165, 1.54) is 0 Å². The summed E-state index contributed by atoms with van der Waals surface area (Å²) in [5.74, 6) is 1.85. The molecular formula is C22H26N2O3. The number of hydrogen-bond donors (Lipinski definition) is 0. The van der Waals surface area contributed by atoms with Gasteiger partial charge in [0.2, 0.25) is 5.91 Å². The first kappa shape index (κ1) is 17.8. The van der Waals surface area contributed by atoms with Gasteiger partial charge in [-0.2, -0.15) is 0 Å². The smallest absolute Gasteiger partial charge is 0.260 e. The number of carbonyl (C=O) groups is 2. The lowest BCUT2D eigenvalue weighted by atomic mass is 9.88. The highest BCUT2D eigenvalue weighted by molar-refractivity contribution is 5.84. The molecule has 0 N–H and O–H groups in total. The highest BCUT2D eigenvalue weighted by Gasteiger charge is 2.42. The zero-order valence-corrected chi connectivity index (χ0v) is 15.9. The van der Waals surface area contributed by atoms with Crippen LogP contribution in [0, 0.1) is 11.8 Å². The number of rotatable bonds is 4. The molecule has 5 nitrogen and oxygen atoms in total. The van der Waals surface area contributed by atoms with E-state index in [-0.39, 0.29) is 24.5 Å². The van der Waals surface area contributed by atoms with Crippen molar-refractivity contribution in [2.75, 3.05) is 27.2 Å². The predicted octanol–water partition coefficient (Wildman–Crippen LogP) is 2.93. The van der Waals surface area contributed by atoms with Gasteiger partial charge in [-0.25, -0.2) is 0 Å². The lowest BCUT2D eigenvalue weighted by Gasteiger charge is -2.31. The van der Waals surface area contributed by atoms with Crippen molar-refractivity contribution in [3.63, 3.8) is 0 Å². The van der Waals surface area contributed by atoms with Crippen molar-refractivity contribution >= 4 is 22.6 Å². The molecule has 1 saturated heterocycles. The van der Waals surface area contributed by atoms with Gasteiger partial charge in [0.1, 0.15) is 5.75 Å². The lowest BCUT2D eigenvalue weighted by molar-refractivity contribution is -0.135. The Hall–Kier alpha value is -2.56. The number of carbonyl (C=O) groups excluding carboxylic acids is 2. The molecule has 1 saturated carbocycles. The van der Waals surface area contributed by atoms with Crippen LogP contribution in [0.5, 0.6) is 5.75 Å². The van der Waals surface area contributed by atoms with E-state index in [9.17, 15) is 9.59 Å². The van der Waals surface area contributed by atoms with Crippen molar-refractivity contribution in [1.29, 1.82) is 0 Å². The number of piperidine rings is 1. The zero-order chi connectivity index (χ0) is 19.0. The third-order valence-corrected chi connectivity index (χ3v) is 6.21. The molecule has 4 rings (SSSR count). The average Bonchev–Trinajstić information content (AvgIpc) is 3.08. The Bertz CT molecular complexity index is 866. The summed E-state index contributed by atoms with van der Waals surface area (Å²) >= 11 is 0. The fourth-order valence-corrected chi connectivity index (χ4v) is 4.51. The first-order valence-corrected chi connectivity index (χ1v) is 9.62. The molecule has 2 aromatic rings. The van der Waals surface area contributed by atoms with Crippen LogP contribution < -0.4 is 4.74 Å². The molecule has 2 fully saturated rings. The first-order valence-electron chi connectivity index (χ1n) is 9.62. The maximum absolute atomic E-state index is 12.6. The second kappa shape index (κ2) is 7.22. The Kier molecular flexibility index (Phi) is 4.77. The summed E-state index contributed by atoms with van der Waals surface area (Å²) in [6.07, 6.45) is 2.51. The summed E-state index contributed by atoms with van der Waals surface area (Å²) in [6.45, 7) is 0.856. The second-order valence-electron chi connectivity index (χ2n) is 7.93. The van der Waals surface area contributed by atoms with Gasteiger partial charge in [0.05, 0.1) is 0 Å². The molecule has 0 bridgehead atoms. The van der Waals surface area contributed by atoms with Gasteiger partial charge in [0.15, 0.2) is 6.61 Å². The SMILES string of the molecule is CN1C[C@H]2C[C@@H](N(C)C(=O)COc3ccc4ccccc4c3)C[C@H]2CC1=O. The summed E-state index contributed by atoms with van der Waals surface area (Å²) in [5.41, 5.74) is 0. The minimum absolute atomic E-state index is 0.00788. The molecule has 1 heterocycles. The number of hydrogen-bond acceptors (Lipinski definition) is 3. The van der Waals surface area contributed by atoms with Gasteiger partial charge in [-0.3, -0.25) is 9.59 Å². The Morgan fingerprint density at radius 2 is 1.89 bits per heavy atom. The molecule has 1 aliphatic carbocycles. The van der Waals surface area contributed by atoms with Gasteiger partial charge in [0.25, 0.3) is 5.91 Å². The monoisotopic (exact) mass is 366 g/mol. The fourth-order valence-electron chi connectivity index (χ4n) is 4.51. The largest absolute Gasteiger partial charge is 0.484 e. The van der Waals surface area contributed by atoms with Crippen LogP contribution in [-0.2, 0) is 9.59 Å². The van der Waals surface area contributed by atoms with Crippen LogP contribution in [0.1, 0.15) is 19.3 Å². The van der Waals surface area contributed by atoms with Crippen molar-refractivity contribution < 1.29 is 14.3 Å². The summed E-state index contributed by atoms with van der Waals surface area (Å²) in [7, 11) is 3.73. The number of nitrogens with zero attached hydrogens (tertiary/aromatic N) is 2. The van der Waals surface area contributed by atoms with E-state index in [1.807, 2.05) is 60.3 Å². The summed E-state index contributed by atoms with van der Waals surface area (Å²) in [5, 5.41) is 2.26. The molecule has 27 heavy (non-hydrogen) atoms. The number of benzene rings is 2. The molecule has 142 valence electrons. The minimum atomic E-state index is -0.00788. The lowest BCUT2D eigenvalue weighted by Crippen LogP contribution is -2.40. The molecule has 2 amide bonds. The van der Waals surface area contributed by atoms with Crippen molar-refractivity contribution in [2.45, 2.75) is 25.3 Å². The van der Waals surface area contributed by atoms with Gasteiger partial charge in [-0.05, 0) is 47.6 Å². The van der Waals surface area contributed by atoms with Crippen LogP contribution in [0.4, 0.5) is 0 Å². The summed E-state index contributed by atoms with van der Waals surface area (Å²) in [4.78, 5) is 28.2. The van der Waals surface area contributed by atoms with Crippen molar-refractivity contribution in [3.05, 3.63) is 42.5 Å². The Morgan fingerprint density at radius 3 is 2.70 bits per heavy atom. The molecule has 0 aromatic heterocycles. The van der Waals surface area contributed by atoms with Crippen molar-refractivity contribution in [2.24, 2.45) is 11.8 Å². The Balaban J connectivity index is 1.34. The van der Waals surface area contributed by atoms with Gasteiger partial charge >= 0.3 is 0 Å². The molecule has 2 aliphatic rings. The predicted molar refractivity (Wildman–Crippen MR) is 104 cm³/mol. The van der Waals surface area contributed by atoms with E-state index in [1.54, 1.807) is 0 Å². The van der Waals surface area contributed by atoms with Crippen LogP contribution in [0.25, 0.3) is 10.8 Å². The number of ether oxygens (including phenoxy) is 1. The standard InChI is InChI=1S/C22H26N2O3/c1-23-13-18-10-19(9-17(18)12-21(23)25)24(2)22(26)14-27-20-8-7-15-5-3-4-6-16(15)11-20/h3-8,11,17-19H,9-10,12-14H2,1-2H3/t17-,18+,19-/m0/s1. The quantitative estimate of drug-likeness (QED) is 0.836. The molecular weight excluding hydrogens is 340 g/mol. The zero-order valence-electron chi connectivity index (χ0n) is 15.9. The number of likely N-dealkylation sites (tertiary alicyclic amines) is 1.